The molecule has 9 heavy (non-hydrogen) atoms. The van der Waals surface area contributed by atoms with Gasteiger partial charge in [-0.15, -0.1) is 0 Å². The lowest BCUT2D eigenvalue weighted by Crippen LogP contribution is -2.32. The van der Waals surface area contributed by atoms with Gasteiger partial charge < -0.3 is 10.2 Å². The maximum Gasteiger partial charge on any atom is 0.234 e. The Labute approximate surface area is 54.9 Å². The molecule has 0 aliphatic heterocycles. The van der Waals surface area contributed by atoms with Gasteiger partial charge in [-0.1, -0.05) is 0 Å². The van der Waals surface area contributed by atoms with Crippen molar-refractivity contribution >= 4 is 5.91 Å². The highest BCUT2D eigenvalue weighted by atomic mass is 16.1. The smallest absolute Gasteiger partial charge is 0.234 e. The molecule has 0 radical (unpaired) electrons. The van der Waals surface area contributed by atoms with Crippen molar-refractivity contribution in [3.8, 4) is 0 Å². The van der Waals surface area contributed by atoms with Crippen molar-refractivity contribution in [2.45, 2.75) is 19.9 Å². The summed E-state index contributed by atoms with van der Waals surface area (Å²) in [4.78, 5) is 13.4. The van der Waals surface area contributed by atoms with Gasteiger partial charge in [-0.2, -0.15) is 0 Å². The molecule has 0 heterocycles. The van der Waals surface area contributed by atoms with Crippen LogP contribution < -0.4 is 5.32 Å². The number of rotatable bonds is 2. The number of nitrogens with zero attached hydrogens (tertiary/aromatic N) is 1. The van der Waals surface area contributed by atoms with Crippen LogP contribution in [0.4, 0.5) is 0 Å². The third-order valence-corrected chi connectivity index (χ3v) is 0.815. The number of nitrogens with one attached hydrogen (secondary N) is 1. The Kier molecular flexibility index (Phi) is 3.45. The van der Waals surface area contributed by atoms with Crippen LogP contribution >= 0.6 is 0 Å². The molecule has 1 unspecified atom stereocenters. The van der Waals surface area contributed by atoms with E-state index >= 15 is 0 Å². The first-order chi connectivity index (χ1) is 4.16. The van der Waals surface area contributed by atoms with Crippen LogP contribution in [0, 0.1) is 6.57 Å². The molecule has 50 valence electrons. The first-order valence-corrected chi connectivity index (χ1v) is 2.77. The van der Waals surface area contributed by atoms with Crippen molar-refractivity contribution in [1.29, 1.82) is 0 Å². The fourth-order valence-corrected chi connectivity index (χ4v) is 0.530. The van der Waals surface area contributed by atoms with E-state index in [0.717, 1.165) is 0 Å². The van der Waals surface area contributed by atoms with Gasteiger partial charge in [-0.25, -0.2) is 6.57 Å². The second-order valence-corrected chi connectivity index (χ2v) is 1.94. The van der Waals surface area contributed by atoms with Crippen LogP contribution in [0.2, 0.25) is 0 Å². The van der Waals surface area contributed by atoms with Gasteiger partial charge in [0.05, 0.1) is 6.04 Å². The monoisotopic (exact) mass is 126 g/mol. The molecule has 0 aromatic carbocycles. The minimum Gasteiger partial charge on any atom is -0.346 e. The molecular formula is C6H10N2O. The highest BCUT2D eigenvalue weighted by Gasteiger charge is 2.03. The standard InChI is InChI=1S/C6H10N2O/c1-5(4-7-3)8-6(2)9/h5H,4H2,1-2H3,(H,8,9). The van der Waals surface area contributed by atoms with Crippen molar-refractivity contribution in [2.24, 2.45) is 0 Å². The zero-order valence-electron chi connectivity index (χ0n) is 5.64. The van der Waals surface area contributed by atoms with Crippen molar-refractivity contribution in [3.63, 3.8) is 0 Å². The number of hydrogen-bond donors (Lipinski definition) is 1. The van der Waals surface area contributed by atoms with E-state index in [-0.39, 0.29) is 11.9 Å². The maximum atomic E-state index is 10.3. The lowest BCUT2D eigenvalue weighted by Gasteiger charge is -2.03. The molecule has 1 atom stereocenters. The fourth-order valence-electron chi connectivity index (χ4n) is 0.530. The van der Waals surface area contributed by atoms with Gasteiger partial charge in [0.1, 0.15) is 0 Å². The molecule has 3 nitrogen and oxygen atoms in total. The van der Waals surface area contributed by atoms with Crippen molar-refractivity contribution < 1.29 is 4.79 Å². The van der Waals surface area contributed by atoms with Gasteiger partial charge >= 0.3 is 0 Å². The number of carbonyl (C=O) groups excluding carboxylic acids is 1. The van der Waals surface area contributed by atoms with Crippen LogP contribution in [0.25, 0.3) is 4.85 Å². The van der Waals surface area contributed by atoms with Crippen LogP contribution in [0.5, 0.6) is 0 Å². The molecule has 0 fully saturated rings. The molecular weight excluding hydrogens is 116 g/mol. The summed E-state index contributed by atoms with van der Waals surface area (Å²) in [5.74, 6) is -0.0776. The topological polar surface area (TPSA) is 33.5 Å². The molecule has 1 amide bonds. The molecule has 0 aromatic rings. The average Bonchev–Trinajstić information content (AvgIpc) is 1.63. The molecule has 0 bridgehead atoms. The summed E-state index contributed by atoms with van der Waals surface area (Å²) >= 11 is 0. The van der Waals surface area contributed by atoms with E-state index in [9.17, 15) is 4.79 Å². The van der Waals surface area contributed by atoms with Gasteiger partial charge in [-0.3, -0.25) is 4.79 Å². The molecule has 0 spiro atoms. The van der Waals surface area contributed by atoms with Gasteiger partial charge in [0.2, 0.25) is 12.5 Å². The first kappa shape index (κ1) is 7.96. The molecule has 0 aliphatic rings. The van der Waals surface area contributed by atoms with Gasteiger partial charge in [-0.05, 0) is 6.92 Å². The van der Waals surface area contributed by atoms with E-state index in [1.54, 1.807) is 6.92 Å². The zero-order chi connectivity index (χ0) is 7.28. The summed E-state index contributed by atoms with van der Waals surface area (Å²) in [6.07, 6.45) is 0. The van der Waals surface area contributed by atoms with E-state index < -0.39 is 0 Å². The van der Waals surface area contributed by atoms with E-state index in [1.807, 2.05) is 0 Å². The quantitative estimate of drug-likeness (QED) is 0.535. The van der Waals surface area contributed by atoms with Crippen LogP contribution in [0.3, 0.4) is 0 Å². The fraction of sp³-hybridized carbons (Fsp3) is 0.667. The van der Waals surface area contributed by atoms with E-state index in [1.165, 1.54) is 6.92 Å². The van der Waals surface area contributed by atoms with E-state index in [4.69, 9.17) is 6.57 Å². The van der Waals surface area contributed by atoms with Crippen LogP contribution in [0.15, 0.2) is 0 Å². The Morgan fingerprint density at radius 2 is 2.44 bits per heavy atom. The van der Waals surface area contributed by atoms with E-state index in [2.05, 4.69) is 10.2 Å². The maximum absolute atomic E-state index is 10.3. The molecule has 0 saturated heterocycles. The summed E-state index contributed by atoms with van der Waals surface area (Å²) in [6, 6.07) is -0.0139. The average molecular weight is 126 g/mol. The van der Waals surface area contributed by atoms with Crippen LogP contribution in [-0.4, -0.2) is 18.5 Å². The number of carbonyl (C=O) groups is 1. The third-order valence-electron chi connectivity index (χ3n) is 0.815. The Morgan fingerprint density at radius 1 is 1.89 bits per heavy atom. The zero-order valence-corrected chi connectivity index (χ0v) is 5.64. The largest absolute Gasteiger partial charge is 0.346 e. The highest BCUT2D eigenvalue weighted by Crippen LogP contribution is 1.80. The third kappa shape index (κ3) is 4.82. The predicted molar refractivity (Wildman–Crippen MR) is 34.7 cm³/mol. The van der Waals surface area contributed by atoms with Gasteiger partial charge in [0.15, 0.2) is 0 Å². The lowest BCUT2D eigenvalue weighted by atomic mass is 10.3. The van der Waals surface area contributed by atoms with Gasteiger partial charge in [0.25, 0.3) is 0 Å². The summed E-state index contributed by atoms with van der Waals surface area (Å²) in [7, 11) is 0. The summed E-state index contributed by atoms with van der Waals surface area (Å²) in [6.45, 7) is 10.1. The lowest BCUT2D eigenvalue weighted by molar-refractivity contribution is -0.119. The molecule has 0 aromatic heterocycles. The Morgan fingerprint density at radius 3 is 2.78 bits per heavy atom. The highest BCUT2D eigenvalue weighted by molar-refractivity contribution is 5.73. The SMILES string of the molecule is [C-]#[N+]CC(C)NC(C)=O. The minimum atomic E-state index is -0.0776. The predicted octanol–water partition coefficient (Wildman–Crippen LogP) is 0.430. The van der Waals surface area contributed by atoms with Crippen molar-refractivity contribution in [2.75, 3.05) is 6.54 Å². The Hall–Kier alpha value is -1.04. The van der Waals surface area contributed by atoms with E-state index in [0.29, 0.717) is 6.54 Å². The van der Waals surface area contributed by atoms with Gasteiger partial charge in [0, 0.05) is 6.92 Å². The summed E-state index contributed by atoms with van der Waals surface area (Å²) in [5.41, 5.74) is 0. The number of hydrogen-bond acceptors (Lipinski definition) is 1. The van der Waals surface area contributed by atoms with Crippen LogP contribution in [-0.2, 0) is 4.79 Å². The molecule has 0 aliphatic carbocycles. The number of amides is 1. The Bertz CT molecular complexity index is 136. The summed E-state index contributed by atoms with van der Waals surface area (Å²) < 4.78 is 0. The first-order valence-electron chi connectivity index (χ1n) is 2.77. The minimum absolute atomic E-state index is 0.0139. The molecule has 1 N–H and O–H groups in total. The van der Waals surface area contributed by atoms with Crippen molar-refractivity contribution in [3.05, 3.63) is 11.4 Å². The molecule has 3 heteroatoms. The second-order valence-electron chi connectivity index (χ2n) is 1.94. The normalized spacial score (nSPS) is 11.7. The summed E-state index contributed by atoms with van der Waals surface area (Å²) in [5, 5.41) is 2.59. The Balaban J connectivity index is 3.40. The van der Waals surface area contributed by atoms with Crippen LogP contribution in [0.1, 0.15) is 13.8 Å². The van der Waals surface area contributed by atoms with Crippen molar-refractivity contribution in [1.82, 2.24) is 5.32 Å². The second kappa shape index (κ2) is 3.90. The molecule has 0 saturated carbocycles. The molecule has 0 rings (SSSR count).